The van der Waals surface area contributed by atoms with Crippen LogP contribution in [0.2, 0.25) is 0 Å². The van der Waals surface area contributed by atoms with Crippen molar-refractivity contribution in [2.24, 2.45) is 0 Å². The average molecular weight is 301 g/mol. The SMILES string of the molecule is COc1ccc(CCC(=O)N(C)Cc2ccccc2F)cc1. The predicted octanol–water partition coefficient (Wildman–Crippen LogP) is 3.43. The third kappa shape index (κ3) is 4.32. The Kier molecular flexibility index (Phi) is 5.53. The van der Waals surface area contributed by atoms with Crippen LogP contribution in [0.25, 0.3) is 0 Å². The summed E-state index contributed by atoms with van der Waals surface area (Å²) in [7, 11) is 3.32. The molecule has 0 aliphatic carbocycles. The van der Waals surface area contributed by atoms with Gasteiger partial charge >= 0.3 is 0 Å². The molecule has 0 heterocycles. The minimum Gasteiger partial charge on any atom is -0.497 e. The van der Waals surface area contributed by atoms with Gasteiger partial charge in [0.2, 0.25) is 5.91 Å². The van der Waals surface area contributed by atoms with E-state index in [0.717, 1.165) is 11.3 Å². The number of methoxy groups -OCH3 is 1. The van der Waals surface area contributed by atoms with Crippen LogP contribution in [0.5, 0.6) is 5.75 Å². The molecule has 2 rings (SSSR count). The highest BCUT2D eigenvalue weighted by Crippen LogP contribution is 2.14. The molecule has 0 aliphatic rings. The monoisotopic (exact) mass is 301 g/mol. The Bertz CT molecular complexity index is 625. The molecular formula is C18H20FNO2. The lowest BCUT2D eigenvalue weighted by Crippen LogP contribution is -2.26. The summed E-state index contributed by atoms with van der Waals surface area (Å²) in [6, 6.07) is 14.2. The summed E-state index contributed by atoms with van der Waals surface area (Å²) in [6.45, 7) is 0.286. The molecule has 0 atom stereocenters. The summed E-state index contributed by atoms with van der Waals surface area (Å²) >= 11 is 0. The number of rotatable bonds is 6. The Labute approximate surface area is 130 Å². The summed E-state index contributed by atoms with van der Waals surface area (Å²) < 4.78 is 18.7. The van der Waals surface area contributed by atoms with E-state index in [0.29, 0.717) is 18.4 Å². The van der Waals surface area contributed by atoms with Crippen LogP contribution in [0.15, 0.2) is 48.5 Å². The first-order chi connectivity index (χ1) is 10.6. The number of carbonyl (C=O) groups excluding carboxylic acids is 1. The van der Waals surface area contributed by atoms with Crippen molar-refractivity contribution in [3.8, 4) is 5.75 Å². The number of ether oxygens (including phenoxy) is 1. The first-order valence-corrected chi connectivity index (χ1v) is 7.20. The van der Waals surface area contributed by atoms with Gasteiger partial charge in [0.05, 0.1) is 7.11 Å². The summed E-state index contributed by atoms with van der Waals surface area (Å²) in [5, 5.41) is 0. The molecule has 0 saturated carbocycles. The molecule has 22 heavy (non-hydrogen) atoms. The molecule has 0 N–H and O–H groups in total. The smallest absolute Gasteiger partial charge is 0.222 e. The van der Waals surface area contributed by atoms with E-state index in [9.17, 15) is 9.18 Å². The van der Waals surface area contributed by atoms with Gasteiger partial charge in [-0.1, -0.05) is 30.3 Å². The second-order valence-electron chi connectivity index (χ2n) is 5.19. The van der Waals surface area contributed by atoms with Gasteiger partial charge in [-0.3, -0.25) is 4.79 Å². The van der Waals surface area contributed by atoms with Crippen LogP contribution < -0.4 is 4.74 Å². The van der Waals surface area contributed by atoms with Crippen molar-refractivity contribution in [2.45, 2.75) is 19.4 Å². The van der Waals surface area contributed by atoms with Gasteiger partial charge in [0.15, 0.2) is 0 Å². The average Bonchev–Trinajstić information content (AvgIpc) is 2.55. The van der Waals surface area contributed by atoms with Crippen molar-refractivity contribution in [3.63, 3.8) is 0 Å². The Morgan fingerprint density at radius 3 is 2.45 bits per heavy atom. The number of carbonyl (C=O) groups is 1. The van der Waals surface area contributed by atoms with Gasteiger partial charge in [0.1, 0.15) is 11.6 Å². The van der Waals surface area contributed by atoms with Crippen molar-refractivity contribution >= 4 is 5.91 Å². The van der Waals surface area contributed by atoms with Crippen molar-refractivity contribution in [1.82, 2.24) is 4.90 Å². The Morgan fingerprint density at radius 2 is 1.82 bits per heavy atom. The highest BCUT2D eigenvalue weighted by atomic mass is 19.1. The number of halogens is 1. The minimum atomic E-state index is -0.280. The molecule has 1 amide bonds. The molecule has 3 nitrogen and oxygen atoms in total. The fourth-order valence-corrected chi connectivity index (χ4v) is 2.20. The fourth-order valence-electron chi connectivity index (χ4n) is 2.20. The zero-order valence-electron chi connectivity index (χ0n) is 12.9. The predicted molar refractivity (Wildman–Crippen MR) is 84.2 cm³/mol. The zero-order chi connectivity index (χ0) is 15.9. The highest BCUT2D eigenvalue weighted by molar-refractivity contribution is 5.76. The molecule has 0 aromatic heterocycles. The molecule has 0 unspecified atom stereocenters. The van der Waals surface area contributed by atoms with Crippen LogP contribution >= 0.6 is 0 Å². The summed E-state index contributed by atoms with van der Waals surface area (Å²) in [6.07, 6.45) is 1.06. The Hall–Kier alpha value is -2.36. The fraction of sp³-hybridized carbons (Fsp3) is 0.278. The quantitative estimate of drug-likeness (QED) is 0.818. The van der Waals surface area contributed by atoms with E-state index in [4.69, 9.17) is 4.74 Å². The van der Waals surface area contributed by atoms with Crippen LogP contribution in [0, 0.1) is 5.82 Å². The molecule has 2 aromatic rings. The summed E-state index contributed by atoms with van der Waals surface area (Å²) in [5.41, 5.74) is 1.61. The molecule has 0 aliphatic heterocycles. The summed E-state index contributed by atoms with van der Waals surface area (Å²) in [5.74, 6) is 0.517. The first kappa shape index (κ1) is 16.0. The molecule has 2 aromatic carbocycles. The number of hydrogen-bond acceptors (Lipinski definition) is 2. The normalized spacial score (nSPS) is 10.3. The van der Waals surface area contributed by atoms with E-state index in [1.165, 1.54) is 6.07 Å². The molecule has 4 heteroatoms. The molecule has 0 saturated heterocycles. The highest BCUT2D eigenvalue weighted by Gasteiger charge is 2.11. The molecule has 0 radical (unpaired) electrons. The molecule has 0 spiro atoms. The zero-order valence-corrected chi connectivity index (χ0v) is 12.9. The van der Waals surface area contributed by atoms with Crippen molar-refractivity contribution in [3.05, 3.63) is 65.5 Å². The van der Waals surface area contributed by atoms with Gasteiger partial charge < -0.3 is 9.64 Å². The van der Waals surface area contributed by atoms with Crippen molar-refractivity contribution < 1.29 is 13.9 Å². The third-order valence-corrected chi connectivity index (χ3v) is 3.58. The van der Waals surface area contributed by atoms with E-state index < -0.39 is 0 Å². The third-order valence-electron chi connectivity index (χ3n) is 3.58. The van der Waals surface area contributed by atoms with Gasteiger partial charge in [-0.2, -0.15) is 0 Å². The molecular weight excluding hydrogens is 281 g/mol. The minimum absolute atomic E-state index is 0.000860. The lowest BCUT2D eigenvalue weighted by atomic mass is 10.1. The largest absolute Gasteiger partial charge is 0.497 e. The van der Waals surface area contributed by atoms with Gasteiger partial charge in [-0.15, -0.1) is 0 Å². The van der Waals surface area contributed by atoms with Crippen LogP contribution in [0.3, 0.4) is 0 Å². The number of aryl methyl sites for hydroxylation is 1. The number of nitrogens with zero attached hydrogens (tertiary/aromatic N) is 1. The standard InChI is InChI=1S/C18H20FNO2/c1-20(13-15-5-3-4-6-17(15)19)18(21)12-9-14-7-10-16(22-2)11-8-14/h3-8,10-11H,9,12-13H2,1-2H3. The molecule has 0 bridgehead atoms. The van der Waals surface area contributed by atoms with Crippen molar-refractivity contribution in [2.75, 3.05) is 14.2 Å². The van der Waals surface area contributed by atoms with Gasteiger partial charge in [0.25, 0.3) is 0 Å². The Morgan fingerprint density at radius 1 is 1.14 bits per heavy atom. The summed E-state index contributed by atoms with van der Waals surface area (Å²) in [4.78, 5) is 13.7. The van der Waals surface area contributed by atoms with E-state index in [-0.39, 0.29) is 18.3 Å². The number of benzene rings is 2. The maximum absolute atomic E-state index is 13.6. The van der Waals surface area contributed by atoms with Gasteiger partial charge in [-0.25, -0.2) is 4.39 Å². The number of hydrogen-bond donors (Lipinski definition) is 0. The maximum atomic E-state index is 13.6. The van der Waals surface area contributed by atoms with E-state index >= 15 is 0 Å². The first-order valence-electron chi connectivity index (χ1n) is 7.20. The number of amides is 1. The lowest BCUT2D eigenvalue weighted by molar-refractivity contribution is -0.130. The van der Waals surface area contributed by atoms with Crippen LogP contribution in [0.1, 0.15) is 17.5 Å². The van der Waals surface area contributed by atoms with Crippen LogP contribution in [-0.2, 0) is 17.8 Å². The topological polar surface area (TPSA) is 29.5 Å². The van der Waals surface area contributed by atoms with E-state index in [1.807, 2.05) is 24.3 Å². The van der Waals surface area contributed by atoms with Gasteiger partial charge in [-0.05, 0) is 30.2 Å². The van der Waals surface area contributed by atoms with Gasteiger partial charge in [0, 0.05) is 25.6 Å². The van der Waals surface area contributed by atoms with Crippen molar-refractivity contribution in [1.29, 1.82) is 0 Å². The second kappa shape index (κ2) is 7.59. The Balaban J connectivity index is 1.87. The van der Waals surface area contributed by atoms with Crippen LogP contribution in [0.4, 0.5) is 4.39 Å². The van der Waals surface area contributed by atoms with E-state index in [2.05, 4.69) is 0 Å². The maximum Gasteiger partial charge on any atom is 0.222 e. The molecule has 116 valence electrons. The van der Waals surface area contributed by atoms with E-state index in [1.54, 1.807) is 37.3 Å². The lowest BCUT2D eigenvalue weighted by Gasteiger charge is -2.17. The second-order valence-corrected chi connectivity index (χ2v) is 5.19. The van der Waals surface area contributed by atoms with Crippen LogP contribution in [-0.4, -0.2) is 25.0 Å². The molecule has 0 fully saturated rings.